The summed E-state index contributed by atoms with van der Waals surface area (Å²) in [5.41, 5.74) is 0. The van der Waals surface area contributed by atoms with E-state index in [1.807, 2.05) is 67.8 Å². The highest BCUT2D eigenvalue weighted by Gasteiger charge is 2.26. The van der Waals surface area contributed by atoms with Crippen molar-refractivity contribution in [1.82, 2.24) is 16.0 Å². The molecule has 3 amide bonds. The molecule has 224 valence electrons. The molecule has 0 spiro atoms. The van der Waals surface area contributed by atoms with Crippen LogP contribution in [0, 0.1) is 0 Å². The van der Waals surface area contributed by atoms with E-state index in [1.54, 1.807) is 0 Å². The number of phosphoric acid groups is 1. The number of carbonyl (C=O) groups is 3. The average molecular weight is 899 g/mol. The van der Waals surface area contributed by atoms with E-state index in [1.165, 1.54) is 0 Å². The molecule has 0 rings (SSSR count). The summed E-state index contributed by atoms with van der Waals surface area (Å²) in [6.45, 7) is 2.90. The number of unbranched alkanes of at least 4 members (excludes halogenated alkanes) is 9. The van der Waals surface area contributed by atoms with E-state index in [-0.39, 0.29) is 17.7 Å². The molecule has 0 fully saturated rings. The summed E-state index contributed by atoms with van der Waals surface area (Å²) < 4.78 is 31.3. The summed E-state index contributed by atoms with van der Waals surface area (Å²) in [6, 6.07) is 0. The Kier molecular flexibility index (Phi) is 28.4. The predicted molar refractivity (Wildman–Crippen MR) is 177 cm³/mol. The van der Waals surface area contributed by atoms with Gasteiger partial charge >= 0.3 is 7.82 Å². The van der Waals surface area contributed by atoms with E-state index >= 15 is 0 Å². The molecule has 0 radical (unpaired) electrons. The van der Waals surface area contributed by atoms with Gasteiger partial charge in [0.15, 0.2) is 0 Å². The van der Waals surface area contributed by atoms with Crippen LogP contribution in [0.2, 0.25) is 0 Å². The first-order valence-electron chi connectivity index (χ1n) is 13.4. The van der Waals surface area contributed by atoms with Crippen molar-refractivity contribution >= 4 is 93.3 Å². The largest absolute Gasteiger partial charge is 0.474 e. The summed E-state index contributed by atoms with van der Waals surface area (Å²) in [7, 11) is -3.63. The number of nitrogens with one attached hydrogen (secondary N) is 3. The average Bonchev–Trinajstić information content (AvgIpc) is 2.92. The second kappa shape index (κ2) is 27.9. The van der Waals surface area contributed by atoms with Crippen molar-refractivity contribution in [2.24, 2.45) is 0 Å². The summed E-state index contributed by atoms with van der Waals surface area (Å²) in [5, 5.41) is 8.56. The Balaban J connectivity index is 4.20. The number of amides is 3. The fourth-order valence-electron chi connectivity index (χ4n) is 3.21. The smallest absolute Gasteiger partial charge is 0.355 e. The number of hydrogen-bond acceptors (Lipinski definition) is 7. The predicted octanol–water partition coefficient (Wildman–Crippen LogP) is 5.48. The molecule has 0 aromatic heterocycles. The molecule has 0 atom stereocenters. The lowest BCUT2D eigenvalue weighted by molar-refractivity contribution is -0.119. The van der Waals surface area contributed by atoms with Crippen molar-refractivity contribution in [3.05, 3.63) is 0 Å². The third kappa shape index (κ3) is 25.7. The number of halogens is 3. The van der Waals surface area contributed by atoms with Crippen LogP contribution in [-0.4, -0.2) is 70.5 Å². The number of alkyl halides is 3. The Hall–Kier alpha value is 0.710. The zero-order valence-electron chi connectivity index (χ0n) is 22.3. The molecule has 0 heterocycles. The van der Waals surface area contributed by atoms with E-state index < -0.39 is 7.82 Å². The SMILES string of the molecule is O=C(CI)NCCCCCCOP(=O)(OCCCCCCNC(=O)CI)OCCCCCCNC(=O)CI. The van der Waals surface area contributed by atoms with Crippen LogP contribution in [-0.2, 0) is 32.5 Å². The molecule has 0 aliphatic heterocycles. The molecule has 0 aromatic rings. The molecule has 0 aliphatic carbocycles. The molecule has 0 saturated heterocycles. The number of carbonyl (C=O) groups excluding carboxylic acids is 3. The van der Waals surface area contributed by atoms with Crippen LogP contribution in [0.25, 0.3) is 0 Å². The molecule has 0 aliphatic rings. The highest BCUT2D eigenvalue weighted by molar-refractivity contribution is 14.1. The van der Waals surface area contributed by atoms with Crippen LogP contribution in [0.15, 0.2) is 0 Å². The lowest BCUT2D eigenvalue weighted by atomic mass is 10.2. The zero-order valence-corrected chi connectivity index (χ0v) is 29.7. The monoisotopic (exact) mass is 899 g/mol. The minimum Gasteiger partial charge on any atom is -0.355 e. The van der Waals surface area contributed by atoms with Crippen LogP contribution in [0.5, 0.6) is 0 Å². The van der Waals surface area contributed by atoms with E-state index in [2.05, 4.69) is 16.0 Å². The van der Waals surface area contributed by atoms with Gasteiger partial charge in [0, 0.05) is 19.6 Å². The fraction of sp³-hybridized carbons (Fsp3) is 0.875. The summed E-state index contributed by atoms with van der Waals surface area (Å²) in [4.78, 5) is 33.7. The first-order chi connectivity index (χ1) is 18.4. The van der Waals surface area contributed by atoms with Gasteiger partial charge in [0.05, 0.1) is 33.1 Å². The maximum atomic E-state index is 13.1. The van der Waals surface area contributed by atoms with Crippen LogP contribution in [0.1, 0.15) is 77.0 Å². The highest BCUT2D eigenvalue weighted by Crippen LogP contribution is 2.50. The highest BCUT2D eigenvalue weighted by atomic mass is 127. The van der Waals surface area contributed by atoms with Crippen molar-refractivity contribution in [2.45, 2.75) is 77.0 Å². The van der Waals surface area contributed by atoms with Crippen molar-refractivity contribution in [1.29, 1.82) is 0 Å². The van der Waals surface area contributed by atoms with Crippen LogP contribution < -0.4 is 16.0 Å². The molecule has 0 saturated carbocycles. The summed E-state index contributed by atoms with van der Waals surface area (Å²) in [5.74, 6) is 0.153. The second-order valence-corrected chi connectivity index (χ2v) is 12.6. The second-order valence-electron chi connectivity index (χ2n) is 8.64. The lowest BCUT2D eigenvalue weighted by Crippen LogP contribution is -2.25. The molecule has 10 nitrogen and oxygen atoms in total. The van der Waals surface area contributed by atoms with Crippen molar-refractivity contribution in [2.75, 3.05) is 52.7 Å². The molecule has 0 bridgehead atoms. The van der Waals surface area contributed by atoms with Gasteiger partial charge in [-0.15, -0.1) is 0 Å². The molecular formula is C24H45I3N3O7P. The van der Waals surface area contributed by atoms with Crippen LogP contribution in [0.4, 0.5) is 0 Å². The van der Waals surface area contributed by atoms with E-state index in [4.69, 9.17) is 13.6 Å². The standard InChI is InChI=1S/C24H45I3N3O7P/c25-19-22(31)28-13-7-1-4-10-16-35-38(34,36-17-11-5-2-8-14-29-23(32)20-26)37-18-12-6-3-9-15-30-24(33)21-27/h1-21H2,(H,28,31)(H,29,32)(H,30,33). The molecular weight excluding hydrogens is 854 g/mol. The van der Waals surface area contributed by atoms with Crippen LogP contribution >= 0.6 is 75.6 Å². The minimum atomic E-state index is -3.63. The normalized spacial score (nSPS) is 11.3. The Labute approximate surface area is 269 Å². The number of phosphoric ester groups is 1. The quantitative estimate of drug-likeness (QED) is 0.0431. The van der Waals surface area contributed by atoms with Crippen molar-refractivity contribution in [3.63, 3.8) is 0 Å². The zero-order chi connectivity index (χ0) is 28.3. The maximum absolute atomic E-state index is 13.1. The summed E-state index contributed by atoms with van der Waals surface area (Å²) in [6.07, 6.45) is 10.5. The van der Waals surface area contributed by atoms with E-state index in [9.17, 15) is 18.9 Å². The van der Waals surface area contributed by atoms with Gasteiger partial charge in [-0.05, 0) is 38.5 Å². The molecule has 0 unspecified atom stereocenters. The van der Waals surface area contributed by atoms with E-state index in [0.717, 1.165) is 77.0 Å². The third-order valence-electron chi connectivity index (χ3n) is 5.29. The molecule has 0 aromatic carbocycles. The fourth-order valence-corrected chi connectivity index (χ4v) is 5.30. The lowest BCUT2D eigenvalue weighted by Gasteiger charge is -2.18. The van der Waals surface area contributed by atoms with Crippen molar-refractivity contribution < 1.29 is 32.5 Å². The van der Waals surface area contributed by atoms with Gasteiger partial charge in [-0.2, -0.15) is 0 Å². The maximum Gasteiger partial charge on any atom is 0.474 e. The van der Waals surface area contributed by atoms with Gasteiger partial charge in [-0.25, -0.2) is 4.57 Å². The van der Waals surface area contributed by atoms with Gasteiger partial charge in [-0.1, -0.05) is 106 Å². The molecule has 38 heavy (non-hydrogen) atoms. The molecule has 3 N–H and O–H groups in total. The van der Waals surface area contributed by atoms with Gasteiger partial charge in [0.1, 0.15) is 0 Å². The van der Waals surface area contributed by atoms with Gasteiger partial charge in [0.25, 0.3) is 0 Å². The Morgan fingerprint density at radius 2 is 0.737 bits per heavy atom. The van der Waals surface area contributed by atoms with Gasteiger partial charge < -0.3 is 16.0 Å². The molecule has 14 heteroatoms. The topological polar surface area (TPSA) is 132 Å². The van der Waals surface area contributed by atoms with E-state index in [0.29, 0.717) is 52.7 Å². The van der Waals surface area contributed by atoms with Gasteiger partial charge in [-0.3, -0.25) is 28.0 Å². The Morgan fingerprint density at radius 3 is 1.00 bits per heavy atom. The van der Waals surface area contributed by atoms with Gasteiger partial charge in [0.2, 0.25) is 17.7 Å². The van der Waals surface area contributed by atoms with Crippen LogP contribution in [0.3, 0.4) is 0 Å². The number of rotatable bonds is 27. The minimum absolute atomic E-state index is 0.0510. The first kappa shape index (κ1) is 38.7. The van der Waals surface area contributed by atoms with Crippen molar-refractivity contribution in [3.8, 4) is 0 Å². The third-order valence-corrected chi connectivity index (χ3v) is 8.87. The Morgan fingerprint density at radius 1 is 0.474 bits per heavy atom. The summed E-state index contributed by atoms with van der Waals surface area (Å²) >= 11 is 6.11. The Bertz CT molecular complexity index is 593. The number of hydrogen-bond donors (Lipinski definition) is 3. The first-order valence-corrected chi connectivity index (χ1v) is 19.4.